The second-order valence-electron chi connectivity index (χ2n) is 26.3. The minimum atomic E-state index is 1.000. The van der Waals surface area contributed by atoms with Crippen LogP contribution < -0.4 is 21.4 Å². The number of hydrogen-bond acceptors (Lipinski definition) is 4. The quantitative estimate of drug-likeness (QED) is 0.126. The van der Waals surface area contributed by atoms with Gasteiger partial charge in [-0.15, -0.1) is 0 Å². The van der Waals surface area contributed by atoms with Gasteiger partial charge in [0.15, 0.2) is 0 Å². The molecule has 0 aromatic carbocycles. The molecule has 8 aliphatic rings. The molecule has 0 aliphatic carbocycles. The van der Waals surface area contributed by atoms with Gasteiger partial charge in [0.2, 0.25) is 0 Å². The maximum absolute atomic E-state index is 5.25. The molecule has 8 nitrogen and oxygen atoms in total. The van der Waals surface area contributed by atoms with E-state index in [1.807, 2.05) is 0 Å². The Labute approximate surface area is 527 Å². The smallest absolute Gasteiger partial charge is 0.0872 e. The highest BCUT2D eigenvalue weighted by Gasteiger charge is 2.22. The first-order valence-corrected chi connectivity index (χ1v) is 35.8. The molecule has 88 heavy (non-hydrogen) atoms. The molecule has 0 amide bonds. The predicted molar refractivity (Wildman–Crippen MR) is 375 cm³/mol. The van der Waals surface area contributed by atoms with Gasteiger partial charge in [0.1, 0.15) is 0 Å². The Bertz CT molecular complexity index is 3370. The third-order valence-electron chi connectivity index (χ3n) is 19.5. The molecule has 12 rings (SSSR count). The minimum absolute atomic E-state index is 1.000. The molecule has 20 bridgehead atoms. The highest BCUT2D eigenvalue weighted by atomic mass is 14.9. The number of allylic oxidation sites excluding steroid dienone is 12. The van der Waals surface area contributed by atoms with Gasteiger partial charge in [-0.1, -0.05) is 178 Å². The van der Waals surface area contributed by atoms with Crippen molar-refractivity contribution in [1.82, 2.24) is 19.9 Å². The third-order valence-corrected chi connectivity index (χ3v) is 19.5. The first kappa shape index (κ1) is 62.8. The van der Waals surface area contributed by atoms with E-state index in [0.717, 1.165) is 106 Å². The van der Waals surface area contributed by atoms with E-state index in [9.17, 15) is 0 Å². The molecular weight excluding hydrogens is 1070 g/mol. The summed E-state index contributed by atoms with van der Waals surface area (Å²) in [7, 11) is 0. The number of H-pyrrole nitrogens is 4. The van der Waals surface area contributed by atoms with Crippen LogP contribution in [0.4, 0.5) is 0 Å². The van der Waals surface area contributed by atoms with Gasteiger partial charge in [0.25, 0.3) is 0 Å². The van der Waals surface area contributed by atoms with Crippen LogP contribution in [0.15, 0.2) is 164 Å². The van der Waals surface area contributed by atoms with Crippen molar-refractivity contribution in [2.24, 2.45) is 20.0 Å². The van der Waals surface area contributed by atoms with Gasteiger partial charge in [0, 0.05) is 33.2 Å². The maximum Gasteiger partial charge on any atom is 0.0872 e. The van der Waals surface area contributed by atoms with Crippen LogP contribution in [-0.2, 0) is 0 Å². The van der Waals surface area contributed by atoms with Crippen LogP contribution in [0.25, 0.3) is 22.5 Å². The molecule has 0 radical (unpaired) electrons. The van der Waals surface area contributed by atoms with Crippen molar-refractivity contribution in [3.63, 3.8) is 0 Å². The van der Waals surface area contributed by atoms with Gasteiger partial charge in [0.05, 0.1) is 67.7 Å². The topological polar surface area (TPSA) is 113 Å². The van der Waals surface area contributed by atoms with Crippen LogP contribution >= 0.6 is 0 Å². The molecular formula is C80H104N8. The first-order chi connectivity index (χ1) is 43.7. The number of aromatic amines is 4. The second-order valence-corrected chi connectivity index (χ2v) is 26.3. The Kier molecular flexibility index (Phi) is 24.4. The lowest BCUT2D eigenvalue weighted by atomic mass is 9.99. The number of hydrogen-bond donors (Lipinski definition) is 4. The van der Waals surface area contributed by atoms with Gasteiger partial charge >= 0.3 is 0 Å². The van der Waals surface area contributed by atoms with Gasteiger partial charge in [-0.2, -0.15) is 0 Å². The van der Waals surface area contributed by atoms with E-state index < -0.39 is 0 Å². The van der Waals surface area contributed by atoms with Crippen LogP contribution in [0.5, 0.6) is 0 Å². The van der Waals surface area contributed by atoms with Crippen LogP contribution in [0.1, 0.15) is 280 Å². The van der Waals surface area contributed by atoms with E-state index in [-0.39, 0.29) is 0 Å². The molecule has 0 fully saturated rings. The molecule has 4 aromatic heterocycles. The van der Waals surface area contributed by atoms with E-state index in [0.29, 0.717) is 0 Å². The standard InChI is InChI=1S/C80H104N8/c1-2-6-10-14-18-22-26-30-34-38-42-62-67-47-55-77(83-67)79-59-51-71(87-79)64(72-52-60-80(88-72)78-56-48-68(62)84-78)44-40-36-32-28-24-20-16-12-8-4-3-7-11-15-19-23-27-31-35-39-43-63-69-49-57-75(85-69)73-53-45-65(81-73)61(41-37-33-29-25-21-17-13-9-5-1)66-46-54-74(82-66)76-58-50-70(63)86-76/h1-4,45-60,81-82,87-88H,5-44H2/b2-1-,4-3-,65-61?,66-61?,67-62?,68-62?,69-63?,70-63?,71-64?,72-64?,75-73?,76-74?,79-77?,80-78?. The number of aromatic nitrogens is 4. The van der Waals surface area contributed by atoms with Gasteiger partial charge in [-0.05, 0) is 211 Å². The van der Waals surface area contributed by atoms with Gasteiger partial charge < -0.3 is 19.9 Å². The number of aliphatic imine (C=N–C) groups is 4. The van der Waals surface area contributed by atoms with Crippen molar-refractivity contribution in [2.75, 3.05) is 0 Å². The van der Waals surface area contributed by atoms with E-state index in [2.05, 4.69) is 141 Å². The molecule has 0 saturated carbocycles. The number of nitrogens with zero attached hydrogens (tertiary/aromatic N) is 4. The fourth-order valence-electron chi connectivity index (χ4n) is 14.2. The van der Waals surface area contributed by atoms with Crippen molar-refractivity contribution in [3.8, 4) is 0 Å². The number of rotatable bonds is 0. The summed E-state index contributed by atoms with van der Waals surface area (Å²) in [5.74, 6) is 0. The SMILES string of the molecule is C1=CC2=c3ccc([nH]3)=C3CCCCCCCCCC/C=C\CCCCCCCCCCC4=C5C=CC(=N5)c5ccc([nH]5)C(=c5ccc([nH]5)=C5C=CC4=N5)CCCCCCCCCC/C=C\CCCCCCCCCCC(=C4C=CC(=N4)c4ccc3[nH]4)C1=N2. The Balaban J connectivity index is 0.649. The van der Waals surface area contributed by atoms with Crippen molar-refractivity contribution in [1.29, 1.82) is 0 Å². The van der Waals surface area contributed by atoms with E-state index >= 15 is 0 Å². The third kappa shape index (κ3) is 18.2. The summed E-state index contributed by atoms with van der Waals surface area (Å²) in [4.78, 5) is 36.3. The number of fused-ring (bicyclic) bond motifs is 43. The lowest BCUT2D eigenvalue weighted by Crippen LogP contribution is -2.15. The summed E-state index contributed by atoms with van der Waals surface area (Å²) < 4.78 is 0. The lowest BCUT2D eigenvalue weighted by molar-refractivity contribution is 0.568. The molecule has 0 unspecified atom stereocenters. The molecule has 0 atom stereocenters. The summed E-state index contributed by atoms with van der Waals surface area (Å²) in [6, 6.07) is 18.0. The van der Waals surface area contributed by atoms with Crippen LogP contribution in [0, 0.1) is 0 Å². The van der Waals surface area contributed by atoms with E-state index in [1.165, 1.54) is 263 Å². The van der Waals surface area contributed by atoms with Crippen LogP contribution in [-0.4, -0.2) is 42.8 Å². The molecule has 0 spiro atoms. The zero-order chi connectivity index (χ0) is 59.6. The molecule has 4 N–H and O–H groups in total. The normalized spacial score (nSPS) is 22.2. The molecule has 8 aliphatic heterocycles. The van der Waals surface area contributed by atoms with Gasteiger partial charge in [-0.3, -0.25) is 0 Å². The highest BCUT2D eigenvalue weighted by Crippen LogP contribution is 2.31. The van der Waals surface area contributed by atoms with Gasteiger partial charge in [-0.25, -0.2) is 20.0 Å². The molecule has 0 saturated heterocycles. The van der Waals surface area contributed by atoms with Crippen LogP contribution in [0.3, 0.4) is 0 Å². The Hall–Kier alpha value is -6.80. The van der Waals surface area contributed by atoms with Crippen molar-refractivity contribution < 1.29 is 0 Å². The monoisotopic (exact) mass is 1180 g/mol. The van der Waals surface area contributed by atoms with E-state index in [1.54, 1.807) is 0 Å². The Morgan fingerprint density at radius 2 is 0.466 bits per heavy atom. The van der Waals surface area contributed by atoms with Crippen molar-refractivity contribution in [3.05, 3.63) is 188 Å². The fraction of sp³-hybridized carbons (Fsp3) is 0.500. The summed E-state index contributed by atoms with van der Waals surface area (Å²) >= 11 is 0. The van der Waals surface area contributed by atoms with Crippen molar-refractivity contribution in [2.45, 2.75) is 257 Å². The maximum atomic E-state index is 5.25. The number of nitrogens with one attached hydrogen (secondary N) is 4. The Morgan fingerprint density at radius 3 is 0.818 bits per heavy atom. The molecule has 464 valence electrons. The van der Waals surface area contributed by atoms with Crippen LogP contribution in [0.2, 0.25) is 0 Å². The van der Waals surface area contributed by atoms with Crippen molar-refractivity contribution >= 4 is 45.4 Å². The average molecular weight is 1180 g/mol. The van der Waals surface area contributed by atoms with E-state index in [4.69, 9.17) is 20.0 Å². The zero-order valence-electron chi connectivity index (χ0n) is 53.6. The average Bonchev–Trinajstić information content (AvgIpc) is 2.38. The first-order valence-electron chi connectivity index (χ1n) is 35.8. The summed E-state index contributed by atoms with van der Waals surface area (Å²) in [5, 5.41) is 4.57. The highest BCUT2D eigenvalue weighted by molar-refractivity contribution is 6.17. The molecule has 8 heteroatoms. The second kappa shape index (κ2) is 34.2. The fourth-order valence-corrected chi connectivity index (χ4v) is 14.2. The lowest BCUT2D eigenvalue weighted by Gasteiger charge is -2.09. The zero-order valence-corrected chi connectivity index (χ0v) is 53.6. The Morgan fingerprint density at radius 1 is 0.205 bits per heavy atom. The predicted octanol–water partition coefficient (Wildman–Crippen LogP) is 19.3. The minimum Gasteiger partial charge on any atom is -0.353 e. The summed E-state index contributed by atoms with van der Waals surface area (Å²) in [6.45, 7) is 0. The summed E-state index contributed by atoms with van der Waals surface area (Å²) in [5.41, 5.74) is 18.2. The molecule has 4 aromatic rings. The largest absolute Gasteiger partial charge is 0.353 e. The molecule has 12 heterocycles. The summed E-state index contributed by atoms with van der Waals surface area (Å²) in [6.07, 6.45) is 78.3.